The van der Waals surface area contributed by atoms with Gasteiger partial charge in [-0.2, -0.15) is 0 Å². The lowest BCUT2D eigenvalue weighted by Crippen LogP contribution is -2.01. The van der Waals surface area contributed by atoms with Crippen LogP contribution >= 0.6 is 0 Å². The lowest BCUT2D eigenvalue weighted by Gasteiger charge is -2.08. The Bertz CT molecular complexity index is 1160. The molecule has 0 aromatic heterocycles. The van der Waals surface area contributed by atoms with Gasteiger partial charge < -0.3 is 9.84 Å². The Kier molecular flexibility index (Phi) is 5.39. The van der Waals surface area contributed by atoms with Crippen molar-refractivity contribution in [2.45, 2.75) is 0 Å². The third-order valence-corrected chi connectivity index (χ3v) is 4.63. The molecule has 0 radical (unpaired) electrons. The second-order valence-electron chi connectivity index (χ2n) is 6.72. The van der Waals surface area contributed by atoms with Crippen LogP contribution in [0.3, 0.4) is 0 Å². The predicted molar refractivity (Wildman–Crippen MR) is 114 cm³/mol. The molecule has 0 saturated heterocycles. The van der Waals surface area contributed by atoms with Gasteiger partial charge in [0.15, 0.2) is 11.6 Å². The Hall–Kier alpha value is -4.18. The van der Waals surface area contributed by atoms with Crippen molar-refractivity contribution in [1.82, 2.24) is 0 Å². The van der Waals surface area contributed by atoms with Crippen LogP contribution in [0, 0.1) is 0 Å². The molecule has 4 heteroatoms. The van der Waals surface area contributed by atoms with Crippen molar-refractivity contribution in [3.05, 3.63) is 125 Å². The van der Waals surface area contributed by atoms with Gasteiger partial charge in [0.1, 0.15) is 17.2 Å². The van der Waals surface area contributed by atoms with E-state index in [2.05, 4.69) is 0 Å². The van der Waals surface area contributed by atoms with Crippen LogP contribution in [0.2, 0.25) is 0 Å². The number of carbonyl (C=O) groups is 2. The van der Waals surface area contributed by atoms with Crippen LogP contribution in [0.5, 0.6) is 17.2 Å². The average Bonchev–Trinajstić information content (AvgIpc) is 2.80. The van der Waals surface area contributed by atoms with Crippen molar-refractivity contribution >= 4 is 11.6 Å². The van der Waals surface area contributed by atoms with Gasteiger partial charge in [-0.3, -0.25) is 9.59 Å². The van der Waals surface area contributed by atoms with Crippen LogP contribution in [0.25, 0.3) is 0 Å². The summed E-state index contributed by atoms with van der Waals surface area (Å²) in [5.41, 5.74) is 2.25. The zero-order valence-electron chi connectivity index (χ0n) is 16.0. The molecule has 4 nitrogen and oxygen atoms in total. The Morgan fingerprint density at radius 2 is 0.867 bits per heavy atom. The maximum Gasteiger partial charge on any atom is 0.193 e. The molecule has 0 spiro atoms. The number of phenols is 1. The first-order valence-electron chi connectivity index (χ1n) is 9.41. The van der Waals surface area contributed by atoms with E-state index in [1.54, 1.807) is 72.8 Å². The van der Waals surface area contributed by atoms with Crippen LogP contribution in [-0.2, 0) is 0 Å². The maximum atomic E-state index is 12.5. The zero-order valence-corrected chi connectivity index (χ0v) is 16.0. The molecule has 0 heterocycles. The fourth-order valence-corrected chi connectivity index (χ4v) is 3.02. The number of rotatable bonds is 6. The lowest BCUT2D eigenvalue weighted by atomic mass is 10.0. The average molecular weight is 394 g/mol. The summed E-state index contributed by atoms with van der Waals surface area (Å²) >= 11 is 0. The van der Waals surface area contributed by atoms with Gasteiger partial charge in [0.05, 0.1) is 0 Å². The summed E-state index contributed by atoms with van der Waals surface area (Å²) in [5, 5.41) is 9.34. The number of aromatic hydroxyl groups is 1. The van der Waals surface area contributed by atoms with Crippen molar-refractivity contribution in [1.29, 1.82) is 0 Å². The molecule has 0 saturated carbocycles. The van der Waals surface area contributed by atoms with Crippen LogP contribution in [0.15, 0.2) is 103 Å². The second-order valence-corrected chi connectivity index (χ2v) is 6.72. The molecule has 4 aromatic rings. The van der Waals surface area contributed by atoms with E-state index >= 15 is 0 Å². The molecule has 146 valence electrons. The molecule has 0 amide bonds. The Labute approximate surface area is 174 Å². The van der Waals surface area contributed by atoms with Crippen molar-refractivity contribution in [2.24, 2.45) is 0 Å². The third-order valence-electron chi connectivity index (χ3n) is 4.63. The van der Waals surface area contributed by atoms with Gasteiger partial charge in [-0.1, -0.05) is 30.3 Å². The van der Waals surface area contributed by atoms with Gasteiger partial charge in [-0.05, 0) is 72.8 Å². The predicted octanol–water partition coefficient (Wildman–Crippen LogP) is 5.65. The van der Waals surface area contributed by atoms with E-state index in [4.69, 9.17) is 4.74 Å². The number of ether oxygens (including phenoxy) is 1. The first-order valence-corrected chi connectivity index (χ1v) is 9.41. The highest BCUT2D eigenvalue weighted by Crippen LogP contribution is 2.24. The van der Waals surface area contributed by atoms with Gasteiger partial charge in [-0.25, -0.2) is 0 Å². The molecule has 1 N–H and O–H groups in total. The van der Waals surface area contributed by atoms with Gasteiger partial charge in [0.25, 0.3) is 0 Å². The van der Waals surface area contributed by atoms with E-state index in [1.165, 1.54) is 12.1 Å². The highest BCUT2D eigenvalue weighted by atomic mass is 16.5. The lowest BCUT2D eigenvalue weighted by molar-refractivity contribution is 0.103. The summed E-state index contributed by atoms with van der Waals surface area (Å²) in [5.74, 6) is 1.12. The van der Waals surface area contributed by atoms with Gasteiger partial charge in [-0.15, -0.1) is 0 Å². The fourth-order valence-electron chi connectivity index (χ4n) is 3.02. The summed E-state index contributed by atoms with van der Waals surface area (Å²) in [6.07, 6.45) is 0. The van der Waals surface area contributed by atoms with Crippen molar-refractivity contribution in [2.75, 3.05) is 0 Å². The van der Waals surface area contributed by atoms with Crippen LogP contribution in [0.4, 0.5) is 0 Å². The SMILES string of the molecule is O=C(c1ccccc1)c1ccc(Oc2ccc(C(=O)c3ccc(O)cc3)cc2)cc1. The zero-order chi connectivity index (χ0) is 20.9. The van der Waals surface area contributed by atoms with Gasteiger partial charge in [0.2, 0.25) is 0 Å². The molecular weight excluding hydrogens is 376 g/mol. The summed E-state index contributed by atoms with van der Waals surface area (Å²) < 4.78 is 5.82. The molecule has 4 rings (SSSR count). The standard InChI is InChI=1S/C26H18O4/c27-22-12-6-19(7-13-22)26(29)21-10-16-24(17-11-21)30-23-14-8-20(9-15-23)25(28)18-4-2-1-3-5-18/h1-17,27H. The van der Waals surface area contributed by atoms with Crippen LogP contribution in [0.1, 0.15) is 31.8 Å². The van der Waals surface area contributed by atoms with Crippen molar-refractivity contribution < 1.29 is 19.4 Å². The Morgan fingerprint density at radius 3 is 1.30 bits per heavy atom. The molecule has 0 fully saturated rings. The van der Waals surface area contributed by atoms with Crippen molar-refractivity contribution in [3.8, 4) is 17.2 Å². The molecular formula is C26H18O4. The number of carbonyl (C=O) groups excluding carboxylic acids is 2. The molecule has 0 aliphatic rings. The monoisotopic (exact) mass is 394 g/mol. The second kappa shape index (κ2) is 8.45. The van der Waals surface area contributed by atoms with Crippen LogP contribution < -0.4 is 4.74 Å². The maximum absolute atomic E-state index is 12.5. The van der Waals surface area contributed by atoms with Gasteiger partial charge >= 0.3 is 0 Å². The molecule has 0 atom stereocenters. The summed E-state index contributed by atoms with van der Waals surface area (Å²) in [6.45, 7) is 0. The molecule has 0 aliphatic carbocycles. The minimum atomic E-state index is -0.134. The minimum absolute atomic E-state index is 0.0424. The first-order chi connectivity index (χ1) is 14.6. The number of benzene rings is 4. The normalized spacial score (nSPS) is 10.4. The van der Waals surface area contributed by atoms with Gasteiger partial charge in [0, 0.05) is 22.3 Å². The Morgan fingerprint density at radius 1 is 0.500 bits per heavy atom. The Balaban J connectivity index is 1.44. The minimum Gasteiger partial charge on any atom is -0.508 e. The molecule has 30 heavy (non-hydrogen) atoms. The smallest absolute Gasteiger partial charge is 0.193 e. The van der Waals surface area contributed by atoms with E-state index in [1.807, 2.05) is 18.2 Å². The number of hydrogen-bond donors (Lipinski definition) is 1. The fraction of sp³-hybridized carbons (Fsp3) is 0. The van der Waals surface area contributed by atoms with E-state index < -0.39 is 0 Å². The first kappa shape index (κ1) is 19.2. The number of phenolic OH excluding ortho intramolecular Hbond substituents is 1. The number of hydrogen-bond acceptors (Lipinski definition) is 4. The summed E-state index contributed by atoms with van der Waals surface area (Å²) in [6, 6.07) is 29.0. The topological polar surface area (TPSA) is 63.6 Å². The summed E-state index contributed by atoms with van der Waals surface area (Å²) in [7, 11) is 0. The quantitative estimate of drug-likeness (QED) is 0.430. The largest absolute Gasteiger partial charge is 0.508 e. The molecule has 0 unspecified atom stereocenters. The van der Waals surface area contributed by atoms with E-state index in [9.17, 15) is 14.7 Å². The molecule has 0 aliphatic heterocycles. The van der Waals surface area contributed by atoms with Crippen LogP contribution in [-0.4, -0.2) is 16.7 Å². The van der Waals surface area contributed by atoms with E-state index in [0.29, 0.717) is 33.8 Å². The highest BCUT2D eigenvalue weighted by molar-refractivity contribution is 6.09. The summed E-state index contributed by atoms with van der Waals surface area (Å²) in [4.78, 5) is 25.0. The molecule has 0 bridgehead atoms. The van der Waals surface area contributed by atoms with Crippen molar-refractivity contribution in [3.63, 3.8) is 0 Å². The number of ketones is 2. The van der Waals surface area contributed by atoms with E-state index in [-0.39, 0.29) is 17.3 Å². The molecule has 4 aromatic carbocycles. The van der Waals surface area contributed by atoms with E-state index in [0.717, 1.165) is 0 Å². The highest BCUT2D eigenvalue weighted by Gasteiger charge is 2.10. The third kappa shape index (κ3) is 4.28.